The molecule has 0 saturated heterocycles. The zero-order chi connectivity index (χ0) is 12.3. The number of rotatable bonds is 2. The van der Waals surface area contributed by atoms with Crippen LogP contribution in [-0.4, -0.2) is 10.8 Å². The van der Waals surface area contributed by atoms with Gasteiger partial charge in [0.25, 0.3) is 0 Å². The van der Waals surface area contributed by atoms with Crippen molar-refractivity contribution in [3.8, 4) is 0 Å². The van der Waals surface area contributed by atoms with E-state index in [4.69, 9.17) is 5.73 Å². The number of hydrogen-bond donors (Lipinski definition) is 1. The van der Waals surface area contributed by atoms with Gasteiger partial charge >= 0.3 is 0 Å². The van der Waals surface area contributed by atoms with Crippen molar-refractivity contribution >= 4 is 34.1 Å². The Labute approximate surface area is 114 Å². The van der Waals surface area contributed by atoms with Crippen molar-refractivity contribution < 1.29 is 0 Å². The third-order valence-corrected chi connectivity index (χ3v) is 3.00. The van der Waals surface area contributed by atoms with Crippen molar-refractivity contribution in [3.63, 3.8) is 0 Å². The first-order valence-electron chi connectivity index (χ1n) is 5.18. The SMILES string of the molecule is Cc1ccc(/N=C(\N)c2ccc(I)cc2)cn1. The first kappa shape index (κ1) is 12.0. The van der Waals surface area contributed by atoms with Crippen LogP contribution in [-0.2, 0) is 0 Å². The molecule has 0 radical (unpaired) electrons. The summed E-state index contributed by atoms with van der Waals surface area (Å²) in [6, 6.07) is 11.8. The summed E-state index contributed by atoms with van der Waals surface area (Å²) in [5, 5.41) is 0. The van der Waals surface area contributed by atoms with E-state index in [1.807, 2.05) is 43.3 Å². The van der Waals surface area contributed by atoms with Gasteiger partial charge in [-0.2, -0.15) is 0 Å². The van der Waals surface area contributed by atoms with E-state index in [9.17, 15) is 0 Å². The zero-order valence-electron chi connectivity index (χ0n) is 9.39. The Morgan fingerprint density at radius 2 is 1.88 bits per heavy atom. The molecule has 0 unspecified atom stereocenters. The highest BCUT2D eigenvalue weighted by Crippen LogP contribution is 2.12. The van der Waals surface area contributed by atoms with Crippen LogP contribution in [0, 0.1) is 10.5 Å². The molecule has 0 fully saturated rings. The van der Waals surface area contributed by atoms with Gasteiger partial charge in [-0.15, -0.1) is 0 Å². The zero-order valence-corrected chi connectivity index (χ0v) is 11.5. The molecule has 0 aliphatic heterocycles. The maximum Gasteiger partial charge on any atom is 0.131 e. The maximum absolute atomic E-state index is 5.93. The molecule has 2 N–H and O–H groups in total. The Kier molecular flexibility index (Phi) is 3.73. The number of hydrogen-bond acceptors (Lipinski definition) is 2. The molecule has 0 amide bonds. The average Bonchev–Trinajstić information content (AvgIpc) is 2.33. The largest absolute Gasteiger partial charge is 0.383 e. The highest BCUT2D eigenvalue weighted by atomic mass is 127. The van der Waals surface area contributed by atoms with Crippen LogP contribution >= 0.6 is 22.6 Å². The Balaban J connectivity index is 2.27. The highest BCUT2D eigenvalue weighted by molar-refractivity contribution is 14.1. The molecule has 0 saturated carbocycles. The molecule has 2 aromatic rings. The molecule has 0 bridgehead atoms. The Hall–Kier alpha value is -1.43. The maximum atomic E-state index is 5.93. The van der Waals surface area contributed by atoms with Crippen molar-refractivity contribution in [2.45, 2.75) is 6.92 Å². The molecule has 86 valence electrons. The van der Waals surface area contributed by atoms with E-state index in [-0.39, 0.29) is 0 Å². The summed E-state index contributed by atoms with van der Waals surface area (Å²) in [7, 11) is 0. The van der Waals surface area contributed by atoms with Crippen LogP contribution in [0.4, 0.5) is 5.69 Å². The minimum absolute atomic E-state index is 0.507. The van der Waals surface area contributed by atoms with E-state index in [1.54, 1.807) is 6.20 Å². The molecule has 0 atom stereocenters. The molecule has 0 spiro atoms. The number of amidine groups is 1. The quantitative estimate of drug-likeness (QED) is 0.520. The lowest BCUT2D eigenvalue weighted by Crippen LogP contribution is -2.12. The van der Waals surface area contributed by atoms with E-state index in [2.05, 4.69) is 32.6 Å². The molecular weight excluding hydrogens is 325 g/mol. The summed E-state index contributed by atoms with van der Waals surface area (Å²) in [6.07, 6.45) is 1.72. The van der Waals surface area contributed by atoms with Crippen molar-refractivity contribution in [2.75, 3.05) is 0 Å². The average molecular weight is 337 g/mol. The molecule has 1 aromatic heterocycles. The van der Waals surface area contributed by atoms with Gasteiger partial charge in [-0.25, -0.2) is 4.99 Å². The van der Waals surface area contributed by atoms with Gasteiger partial charge in [-0.1, -0.05) is 12.1 Å². The lowest BCUT2D eigenvalue weighted by molar-refractivity contribution is 1.19. The van der Waals surface area contributed by atoms with Gasteiger partial charge in [0.15, 0.2) is 0 Å². The third kappa shape index (κ3) is 3.26. The fraction of sp³-hybridized carbons (Fsp3) is 0.0769. The number of nitrogens with zero attached hydrogens (tertiary/aromatic N) is 2. The Morgan fingerprint density at radius 3 is 2.47 bits per heavy atom. The fourth-order valence-electron chi connectivity index (χ4n) is 1.35. The first-order valence-corrected chi connectivity index (χ1v) is 6.26. The van der Waals surface area contributed by atoms with E-state index in [0.717, 1.165) is 16.9 Å². The van der Waals surface area contributed by atoms with Gasteiger partial charge in [0.2, 0.25) is 0 Å². The number of aliphatic imine (C=N–C) groups is 1. The molecule has 0 aliphatic rings. The standard InChI is InChI=1S/C13H12IN3/c1-9-2-7-12(8-16-9)17-13(15)10-3-5-11(14)6-4-10/h2-8H,1H3,(H2,15,17). The van der Waals surface area contributed by atoms with Gasteiger partial charge in [-0.05, 0) is 53.8 Å². The molecular formula is C13H12IN3. The highest BCUT2D eigenvalue weighted by Gasteiger charge is 1.98. The number of nitrogens with two attached hydrogens (primary N) is 1. The van der Waals surface area contributed by atoms with Crippen LogP contribution in [0.5, 0.6) is 0 Å². The summed E-state index contributed by atoms with van der Waals surface area (Å²) in [6.45, 7) is 1.94. The minimum atomic E-state index is 0.507. The number of benzene rings is 1. The lowest BCUT2D eigenvalue weighted by atomic mass is 10.2. The van der Waals surface area contributed by atoms with Gasteiger partial charge < -0.3 is 5.73 Å². The van der Waals surface area contributed by atoms with Gasteiger partial charge in [0, 0.05) is 14.8 Å². The van der Waals surface area contributed by atoms with Gasteiger partial charge in [0.1, 0.15) is 5.84 Å². The molecule has 17 heavy (non-hydrogen) atoms. The third-order valence-electron chi connectivity index (χ3n) is 2.29. The second kappa shape index (κ2) is 5.27. The predicted octanol–water partition coefficient (Wildman–Crippen LogP) is 3.03. The molecule has 4 heteroatoms. The van der Waals surface area contributed by atoms with Crippen molar-refractivity contribution in [1.82, 2.24) is 4.98 Å². The summed E-state index contributed by atoms with van der Waals surface area (Å²) in [5.41, 5.74) is 8.60. The summed E-state index contributed by atoms with van der Waals surface area (Å²) < 4.78 is 1.18. The monoisotopic (exact) mass is 337 g/mol. The summed E-state index contributed by atoms with van der Waals surface area (Å²) >= 11 is 2.26. The van der Waals surface area contributed by atoms with Crippen molar-refractivity contribution in [2.24, 2.45) is 10.7 Å². The van der Waals surface area contributed by atoms with Crippen LogP contribution in [0.2, 0.25) is 0 Å². The number of pyridine rings is 1. The normalized spacial score (nSPS) is 11.5. The Bertz CT molecular complexity index is 530. The second-order valence-corrected chi connectivity index (χ2v) is 4.91. The predicted molar refractivity (Wildman–Crippen MR) is 78.5 cm³/mol. The van der Waals surface area contributed by atoms with Gasteiger partial charge in [-0.3, -0.25) is 4.98 Å². The van der Waals surface area contributed by atoms with Gasteiger partial charge in [0.05, 0.1) is 11.9 Å². The molecule has 0 aliphatic carbocycles. The fourth-order valence-corrected chi connectivity index (χ4v) is 1.71. The summed E-state index contributed by atoms with van der Waals surface area (Å²) in [5.74, 6) is 0.507. The van der Waals surface area contributed by atoms with Crippen molar-refractivity contribution in [3.05, 3.63) is 57.4 Å². The number of aromatic nitrogens is 1. The molecule has 2 rings (SSSR count). The van der Waals surface area contributed by atoms with Crippen LogP contribution in [0.15, 0.2) is 47.6 Å². The van der Waals surface area contributed by atoms with E-state index >= 15 is 0 Å². The van der Waals surface area contributed by atoms with Crippen molar-refractivity contribution in [1.29, 1.82) is 0 Å². The topological polar surface area (TPSA) is 51.3 Å². The minimum Gasteiger partial charge on any atom is -0.383 e. The molecule has 3 nitrogen and oxygen atoms in total. The smallest absolute Gasteiger partial charge is 0.131 e. The molecule has 1 aromatic carbocycles. The lowest BCUT2D eigenvalue weighted by Gasteiger charge is -2.01. The van der Waals surface area contributed by atoms with Crippen LogP contribution in [0.25, 0.3) is 0 Å². The Morgan fingerprint density at radius 1 is 1.18 bits per heavy atom. The number of halogens is 1. The molecule has 1 heterocycles. The number of aryl methyl sites for hydroxylation is 1. The van der Waals surface area contributed by atoms with Crippen LogP contribution in [0.3, 0.4) is 0 Å². The van der Waals surface area contributed by atoms with Crippen LogP contribution in [0.1, 0.15) is 11.3 Å². The van der Waals surface area contributed by atoms with E-state index in [1.165, 1.54) is 3.57 Å². The van der Waals surface area contributed by atoms with E-state index < -0.39 is 0 Å². The second-order valence-electron chi connectivity index (χ2n) is 3.66. The summed E-state index contributed by atoms with van der Waals surface area (Å²) in [4.78, 5) is 8.51. The van der Waals surface area contributed by atoms with Crippen LogP contribution < -0.4 is 5.73 Å². The first-order chi connectivity index (χ1) is 8.15. The van der Waals surface area contributed by atoms with E-state index in [0.29, 0.717) is 5.84 Å².